The van der Waals surface area contributed by atoms with Crippen LogP contribution in [0.5, 0.6) is 0 Å². The Morgan fingerprint density at radius 3 is 2.75 bits per heavy atom. The van der Waals surface area contributed by atoms with Crippen LogP contribution in [0.2, 0.25) is 0 Å². The smallest absolute Gasteiger partial charge is 0.0339 e. The van der Waals surface area contributed by atoms with Gasteiger partial charge in [0.05, 0.1) is 0 Å². The number of hydrogen-bond donors (Lipinski definition) is 3. The van der Waals surface area contributed by atoms with Gasteiger partial charge in [-0.05, 0) is 30.4 Å². The van der Waals surface area contributed by atoms with Crippen LogP contribution in [0.3, 0.4) is 0 Å². The third-order valence-electron chi connectivity index (χ3n) is 2.73. The van der Waals surface area contributed by atoms with Crippen molar-refractivity contribution < 1.29 is 0 Å². The number of nitrogens with two attached hydrogens (primary N) is 2. The van der Waals surface area contributed by atoms with Gasteiger partial charge in [0.1, 0.15) is 0 Å². The highest BCUT2D eigenvalue weighted by atomic mass is 14.8. The normalized spacial score (nSPS) is 31.2. The van der Waals surface area contributed by atoms with Gasteiger partial charge in [-0.15, -0.1) is 0 Å². The van der Waals surface area contributed by atoms with Crippen molar-refractivity contribution in [1.82, 2.24) is 4.98 Å². The Morgan fingerprint density at radius 1 is 1.50 bits per heavy atom. The monoisotopic (exact) mass is 165 g/mol. The molecular formula is C9H15N3. The first-order valence-electron chi connectivity index (χ1n) is 4.41. The van der Waals surface area contributed by atoms with E-state index in [1.54, 1.807) is 0 Å². The number of aromatic nitrogens is 1. The molecule has 0 amide bonds. The average Bonchev–Trinajstić information content (AvgIpc) is 2.49. The summed E-state index contributed by atoms with van der Waals surface area (Å²) in [5.41, 5.74) is 12.9. The topological polar surface area (TPSA) is 67.8 Å². The maximum atomic E-state index is 6.03. The van der Waals surface area contributed by atoms with E-state index in [4.69, 9.17) is 11.5 Å². The molecule has 0 radical (unpaired) electrons. The van der Waals surface area contributed by atoms with Crippen LogP contribution in [0.25, 0.3) is 0 Å². The zero-order chi connectivity index (χ0) is 8.55. The van der Waals surface area contributed by atoms with Crippen molar-refractivity contribution >= 4 is 0 Å². The molecule has 12 heavy (non-hydrogen) atoms. The fourth-order valence-corrected chi connectivity index (χ4v) is 1.82. The lowest BCUT2D eigenvalue weighted by atomic mass is 9.75. The van der Waals surface area contributed by atoms with Crippen molar-refractivity contribution in [2.75, 3.05) is 0 Å². The first kappa shape index (κ1) is 7.83. The second-order valence-corrected chi connectivity index (χ2v) is 3.66. The third-order valence-corrected chi connectivity index (χ3v) is 2.73. The van der Waals surface area contributed by atoms with E-state index in [-0.39, 0.29) is 6.04 Å². The van der Waals surface area contributed by atoms with E-state index in [1.165, 1.54) is 5.56 Å². The van der Waals surface area contributed by atoms with E-state index in [1.807, 2.05) is 18.5 Å². The predicted octanol–water partition coefficient (Wildman–Crippen LogP) is 0.752. The Morgan fingerprint density at radius 2 is 2.25 bits per heavy atom. The molecule has 0 bridgehead atoms. The van der Waals surface area contributed by atoms with Gasteiger partial charge in [-0.3, -0.25) is 0 Å². The summed E-state index contributed by atoms with van der Waals surface area (Å²) in [6.07, 6.45) is 6.03. The highest BCUT2D eigenvalue weighted by Crippen LogP contribution is 2.35. The van der Waals surface area contributed by atoms with Crippen molar-refractivity contribution in [3.63, 3.8) is 0 Å². The lowest BCUT2D eigenvalue weighted by Gasteiger charge is -2.36. The number of H-pyrrole nitrogens is 1. The van der Waals surface area contributed by atoms with Gasteiger partial charge in [0.25, 0.3) is 0 Å². The number of hydrogen-bond acceptors (Lipinski definition) is 2. The quantitative estimate of drug-likeness (QED) is 0.605. The zero-order valence-electron chi connectivity index (χ0n) is 7.03. The highest BCUT2D eigenvalue weighted by molar-refractivity contribution is 5.15. The summed E-state index contributed by atoms with van der Waals surface area (Å²) in [6, 6.07) is 2.60. The lowest BCUT2D eigenvalue weighted by Crippen LogP contribution is -2.41. The van der Waals surface area contributed by atoms with E-state index in [9.17, 15) is 0 Å². The van der Waals surface area contributed by atoms with Gasteiger partial charge < -0.3 is 16.5 Å². The fraction of sp³-hybridized carbons (Fsp3) is 0.556. The fourth-order valence-electron chi connectivity index (χ4n) is 1.82. The predicted molar refractivity (Wildman–Crippen MR) is 48.4 cm³/mol. The van der Waals surface area contributed by atoms with Gasteiger partial charge >= 0.3 is 0 Å². The van der Waals surface area contributed by atoms with Gasteiger partial charge in [-0.25, -0.2) is 0 Å². The summed E-state index contributed by atoms with van der Waals surface area (Å²) >= 11 is 0. The van der Waals surface area contributed by atoms with Crippen molar-refractivity contribution in [3.8, 4) is 0 Å². The highest BCUT2D eigenvalue weighted by Gasteiger charge is 2.31. The van der Waals surface area contributed by atoms with Crippen LogP contribution in [0, 0.1) is 5.92 Å². The van der Waals surface area contributed by atoms with Crippen LogP contribution in [-0.2, 0) is 0 Å². The van der Waals surface area contributed by atoms with Gasteiger partial charge in [-0.2, -0.15) is 0 Å². The molecule has 1 aromatic rings. The van der Waals surface area contributed by atoms with Crippen LogP contribution in [-0.4, -0.2) is 11.0 Å². The molecule has 0 saturated heterocycles. The number of rotatable bonds is 2. The molecule has 0 aromatic carbocycles. The Labute approximate surface area is 72.1 Å². The zero-order valence-corrected chi connectivity index (χ0v) is 7.03. The standard InChI is InChI=1S/C9H15N3/c10-8-3-7(4-8)9(11)6-1-2-12-5-6/h1-2,5,7-9,12H,3-4,10-11H2. The minimum Gasteiger partial charge on any atom is -0.367 e. The second kappa shape index (κ2) is 2.92. The van der Waals surface area contributed by atoms with Crippen molar-refractivity contribution in [1.29, 1.82) is 0 Å². The Kier molecular flexibility index (Phi) is 1.90. The van der Waals surface area contributed by atoms with Crippen molar-refractivity contribution in [2.24, 2.45) is 17.4 Å². The van der Waals surface area contributed by atoms with E-state index < -0.39 is 0 Å². The number of nitrogens with one attached hydrogen (secondary N) is 1. The Bertz CT molecular complexity index is 236. The molecule has 2 rings (SSSR count). The molecule has 0 spiro atoms. The SMILES string of the molecule is NC1CC(C(N)c2cc[nH]c2)C1. The maximum Gasteiger partial charge on any atom is 0.0339 e. The Balaban J connectivity index is 1.97. The van der Waals surface area contributed by atoms with Crippen LogP contribution in [0.4, 0.5) is 0 Å². The minimum atomic E-state index is 0.177. The van der Waals surface area contributed by atoms with Gasteiger partial charge in [0, 0.05) is 24.5 Å². The van der Waals surface area contributed by atoms with E-state index >= 15 is 0 Å². The molecule has 1 aliphatic rings. The minimum absolute atomic E-state index is 0.177. The van der Waals surface area contributed by atoms with Crippen LogP contribution in [0.1, 0.15) is 24.4 Å². The molecule has 3 nitrogen and oxygen atoms in total. The largest absolute Gasteiger partial charge is 0.367 e. The molecule has 1 aliphatic carbocycles. The van der Waals surface area contributed by atoms with Gasteiger partial charge in [0.15, 0.2) is 0 Å². The first-order valence-corrected chi connectivity index (χ1v) is 4.41. The van der Waals surface area contributed by atoms with Gasteiger partial charge in [-0.1, -0.05) is 0 Å². The van der Waals surface area contributed by atoms with Crippen molar-refractivity contribution in [3.05, 3.63) is 24.0 Å². The molecule has 3 heteroatoms. The average molecular weight is 165 g/mol. The van der Waals surface area contributed by atoms with Crippen LogP contribution < -0.4 is 11.5 Å². The molecule has 1 atom stereocenters. The Hall–Kier alpha value is -0.800. The first-order chi connectivity index (χ1) is 5.77. The molecule has 0 aliphatic heterocycles. The summed E-state index contributed by atoms with van der Waals surface area (Å²) in [6.45, 7) is 0. The number of aromatic amines is 1. The van der Waals surface area contributed by atoms with E-state index in [0.717, 1.165) is 12.8 Å². The molecule has 1 aromatic heterocycles. The van der Waals surface area contributed by atoms with Crippen LogP contribution >= 0.6 is 0 Å². The molecule has 1 unspecified atom stereocenters. The molecular weight excluding hydrogens is 150 g/mol. The van der Waals surface area contributed by atoms with E-state index in [2.05, 4.69) is 4.98 Å². The molecule has 66 valence electrons. The molecule has 1 heterocycles. The lowest BCUT2D eigenvalue weighted by molar-refractivity contribution is 0.224. The summed E-state index contributed by atoms with van der Waals surface area (Å²) in [7, 11) is 0. The second-order valence-electron chi connectivity index (χ2n) is 3.66. The van der Waals surface area contributed by atoms with Crippen LogP contribution in [0.15, 0.2) is 18.5 Å². The molecule has 1 fully saturated rings. The molecule has 5 N–H and O–H groups in total. The summed E-state index contributed by atoms with van der Waals surface area (Å²) in [5.74, 6) is 0.593. The third kappa shape index (κ3) is 1.26. The summed E-state index contributed by atoms with van der Waals surface area (Å²) in [5, 5.41) is 0. The maximum absolute atomic E-state index is 6.03. The van der Waals surface area contributed by atoms with E-state index in [0.29, 0.717) is 12.0 Å². The molecule has 1 saturated carbocycles. The van der Waals surface area contributed by atoms with Gasteiger partial charge in [0.2, 0.25) is 0 Å². The summed E-state index contributed by atoms with van der Waals surface area (Å²) < 4.78 is 0. The van der Waals surface area contributed by atoms with Crippen molar-refractivity contribution in [2.45, 2.75) is 24.9 Å². The summed E-state index contributed by atoms with van der Waals surface area (Å²) in [4.78, 5) is 3.01.